The van der Waals surface area contributed by atoms with E-state index in [1.54, 1.807) is 0 Å². The van der Waals surface area contributed by atoms with Gasteiger partial charge in [0.15, 0.2) is 0 Å². The summed E-state index contributed by atoms with van der Waals surface area (Å²) in [5.74, 6) is 0.570. The van der Waals surface area contributed by atoms with Crippen molar-refractivity contribution >= 4 is 39.2 Å². The second kappa shape index (κ2) is 8.20. The molecule has 2 aliphatic heterocycles. The first-order valence-corrected chi connectivity index (χ1v) is 11.8. The standard InChI is InChI=1S/C19H31BrN6O2S/c1-12-8-19(10-28-12)6-7-25(9-14(19)24-29(27)18(3,4)5)17-23-13(2)15(20)16(22)26(17)11-21/h11-12,14,21-22,24H,6-10H2,1-5H3/t12-,14?,19?,29?/m0/s1. The molecule has 0 amide bonds. The van der Waals surface area contributed by atoms with E-state index in [2.05, 4.69) is 37.5 Å². The summed E-state index contributed by atoms with van der Waals surface area (Å²) in [6.45, 7) is 11.8. The molecule has 0 aliphatic carbocycles. The summed E-state index contributed by atoms with van der Waals surface area (Å²) in [6.07, 6.45) is 3.11. The van der Waals surface area contributed by atoms with Crippen LogP contribution in [-0.4, -0.2) is 56.7 Å². The topological polar surface area (TPSA) is 107 Å². The highest BCUT2D eigenvalue weighted by molar-refractivity contribution is 9.10. The third-order valence-corrected chi connectivity index (χ3v) is 8.40. The molecule has 3 unspecified atom stereocenters. The molecule has 1 spiro atoms. The molecule has 4 atom stereocenters. The zero-order chi connectivity index (χ0) is 21.6. The Morgan fingerprint density at radius 3 is 2.69 bits per heavy atom. The quantitative estimate of drug-likeness (QED) is 0.448. The van der Waals surface area contributed by atoms with Crippen LogP contribution in [0.25, 0.3) is 0 Å². The first-order chi connectivity index (χ1) is 13.5. The highest BCUT2D eigenvalue weighted by Crippen LogP contribution is 2.43. The summed E-state index contributed by atoms with van der Waals surface area (Å²) in [6, 6.07) is -0.0413. The van der Waals surface area contributed by atoms with Crippen LogP contribution in [0.2, 0.25) is 0 Å². The molecule has 3 N–H and O–H groups in total. The maximum atomic E-state index is 12.9. The lowest BCUT2D eigenvalue weighted by molar-refractivity contribution is 0.0874. The normalized spacial score (nSPS) is 28.7. The molecule has 10 heteroatoms. The number of hydrogen-bond acceptors (Lipinski definition) is 6. The average Bonchev–Trinajstić information content (AvgIpc) is 3.02. The summed E-state index contributed by atoms with van der Waals surface area (Å²) in [5.41, 5.74) is 0.841. The van der Waals surface area contributed by atoms with Crippen molar-refractivity contribution in [3.63, 3.8) is 0 Å². The summed E-state index contributed by atoms with van der Waals surface area (Å²) in [4.78, 5) is 6.75. The predicted molar refractivity (Wildman–Crippen MR) is 119 cm³/mol. The van der Waals surface area contributed by atoms with E-state index in [1.165, 1.54) is 4.57 Å². The molecule has 1 aromatic heterocycles. The molecule has 0 aromatic carbocycles. The van der Waals surface area contributed by atoms with E-state index in [9.17, 15) is 4.21 Å². The Balaban J connectivity index is 1.96. The number of aromatic nitrogens is 2. The summed E-state index contributed by atoms with van der Waals surface area (Å²) in [7, 11) is -1.21. The number of hydrogen-bond donors (Lipinski definition) is 3. The lowest BCUT2D eigenvalue weighted by atomic mass is 9.73. The maximum absolute atomic E-state index is 12.9. The Kier molecular flexibility index (Phi) is 6.39. The first kappa shape index (κ1) is 22.6. The molecule has 0 saturated carbocycles. The highest BCUT2D eigenvalue weighted by atomic mass is 79.9. The van der Waals surface area contributed by atoms with Gasteiger partial charge in [-0.3, -0.25) is 15.4 Å². The highest BCUT2D eigenvalue weighted by Gasteiger charge is 2.49. The van der Waals surface area contributed by atoms with E-state index in [1.807, 2.05) is 27.7 Å². The molecular formula is C19H31BrN6O2S. The molecule has 0 bridgehead atoms. The van der Waals surface area contributed by atoms with Crippen molar-refractivity contribution in [3.8, 4) is 0 Å². The summed E-state index contributed by atoms with van der Waals surface area (Å²) >= 11 is 3.39. The van der Waals surface area contributed by atoms with Crippen molar-refractivity contribution in [3.05, 3.63) is 15.7 Å². The molecule has 162 valence electrons. The lowest BCUT2D eigenvalue weighted by Gasteiger charge is -2.46. The van der Waals surface area contributed by atoms with Gasteiger partial charge in [-0.15, -0.1) is 0 Å². The van der Waals surface area contributed by atoms with Crippen molar-refractivity contribution in [2.24, 2.45) is 5.41 Å². The number of rotatable bonds is 4. The van der Waals surface area contributed by atoms with Gasteiger partial charge in [0.25, 0.3) is 0 Å². The van der Waals surface area contributed by atoms with Crippen molar-refractivity contribution in [1.29, 1.82) is 10.8 Å². The molecule has 1 aromatic rings. The third-order valence-electron chi connectivity index (χ3n) is 5.84. The minimum absolute atomic E-state index is 0.0413. The lowest BCUT2D eigenvalue weighted by Crippen LogP contribution is -2.60. The van der Waals surface area contributed by atoms with Gasteiger partial charge in [0.05, 0.1) is 44.9 Å². The van der Waals surface area contributed by atoms with Gasteiger partial charge in [0, 0.05) is 24.5 Å². The zero-order valence-electron chi connectivity index (χ0n) is 17.7. The van der Waals surface area contributed by atoms with E-state index < -0.39 is 11.0 Å². The van der Waals surface area contributed by atoms with Crippen LogP contribution in [0.4, 0.5) is 5.95 Å². The molecule has 3 rings (SSSR count). The van der Waals surface area contributed by atoms with Gasteiger partial charge in [-0.25, -0.2) is 13.9 Å². The van der Waals surface area contributed by atoms with Crippen LogP contribution >= 0.6 is 15.9 Å². The Labute approximate surface area is 183 Å². The number of halogens is 1. The molecule has 8 nitrogen and oxygen atoms in total. The predicted octanol–water partition coefficient (Wildman–Crippen LogP) is 2.31. The number of ether oxygens (including phenoxy) is 1. The second-order valence-corrected chi connectivity index (χ2v) is 11.9. The van der Waals surface area contributed by atoms with E-state index >= 15 is 0 Å². The van der Waals surface area contributed by atoms with Crippen LogP contribution in [0.5, 0.6) is 0 Å². The van der Waals surface area contributed by atoms with Crippen molar-refractivity contribution in [2.45, 2.75) is 64.4 Å². The smallest absolute Gasteiger partial charge is 0.212 e. The fourth-order valence-electron chi connectivity index (χ4n) is 4.08. The minimum atomic E-state index is -1.21. The van der Waals surface area contributed by atoms with Gasteiger partial charge in [0.1, 0.15) is 5.49 Å². The molecule has 29 heavy (non-hydrogen) atoms. The second-order valence-electron chi connectivity index (χ2n) is 9.09. The minimum Gasteiger partial charge on any atom is -0.378 e. The molecule has 2 saturated heterocycles. The molecule has 2 fully saturated rings. The van der Waals surface area contributed by atoms with Crippen LogP contribution in [0.1, 0.15) is 46.2 Å². The van der Waals surface area contributed by atoms with Gasteiger partial charge < -0.3 is 9.64 Å². The third kappa shape index (κ3) is 4.35. The Morgan fingerprint density at radius 2 is 2.14 bits per heavy atom. The monoisotopic (exact) mass is 486 g/mol. The number of nitrogens with zero attached hydrogens (tertiary/aromatic N) is 3. The van der Waals surface area contributed by atoms with E-state index in [0.29, 0.717) is 29.3 Å². The van der Waals surface area contributed by atoms with Crippen LogP contribution in [0.3, 0.4) is 0 Å². The van der Waals surface area contributed by atoms with E-state index in [4.69, 9.17) is 15.6 Å². The van der Waals surface area contributed by atoms with E-state index in [0.717, 1.165) is 25.7 Å². The number of aryl methyl sites for hydroxylation is 1. The van der Waals surface area contributed by atoms with Gasteiger partial charge in [-0.2, -0.15) is 0 Å². The van der Waals surface area contributed by atoms with Gasteiger partial charge in [-0.05, 0) is 63.4 Å². The fourth-order valence-corrected chi connectivity index (χ4v) is 5.29. The summed E-state index contributed by atoms with van der Waals surface area (Å²) in [5, 5.41) is 16.1. The van der Waals surface area contributed by atoms with Crippen molar-refractivity contribution < 1.29 is 8.95 Å². The Bertz CT molecular complexity index is 883. The molecule has 3 heterocycles. The van der Waals surface area contributed by atoms with Crippen LogP contribution in [0, 0.1) is 23.2 Å². The van der Waals surface area contributed by atoms with Gasteiger partial charge in [-0.1, -0.05) is 0 Å². The Morgan fingerprint density at radius 1 is 1.45 bits per heavy atom. The van der Waals surface area contributed by atoms with Crippen molar-refractivity contribution in [1.82, 2.24) is 14.3 Å². The molecule has 0 radical (unpaired) electrons. The zero-order valence-corrected chi connectivity index (χ0v) is 20.1. The number of anilines is 1. The van der Waals surface area contributed by atoms with Crippen molar-refractivity contribution in [2.75, 3.05) is 24.6 Å². The number of nitrogens with one attached hydrogen (secondary N) is 3. The fraction of sp³-hybridized carbons (Fsp3) is 0.737. The molecular weight excluding hydrogens is 456 g/mol. The van der Waals surface area contributed by atoms with Crippen LogP contribution < -0.4 is 15.1 Å². The summed E-state index contributed by atoms with van der Waals surface area (Å²) < 4.78 is 23.9. The largest absolute Gasteiger partial charge is 0.378 e. The van der Waals surface area contributed by atoms with Gasteiger partial charge >= 0.3 is 0 Å². The average molecular weight is 487 g/mol. The number of piperidine rings is 1. The van der Waals surface area contributed by atoms with Gasteiger partial charge in [0.2, 0.25) is 5.95 Å². The maximum Gasteiger partial charge on any atom is 0.212 e. The van der Waals surface area contributed by atoms with Crippen LogP contribution in [0.15, 0.2) is 4.47 Å². The van der Waals surface area contributed by atoms with E-state index in [-0.39, 0.29) is 27.8 Å². The SMILES string of the molecule is Cc1nc(N2CCC3(CO[C@@H](C)C3)C(NS(=O)C(C)(C)C)C2)n(C=N)c(=N)c1Br. The van der Waals surface area contributed by atoms with Crippen LogP contribution in [-0.2, 0) is 15.7 Å². The first-order valence-electron chi connectivity index (χ1n) is 9.87. The molecule has 2 aliphatic rings. The Hall–Kier alpha value is -1.10.